The molecule has 0 saturated carbocycles. The lowest BCUT2D eigenvalue weighted by molar-refractivity contribution is -0.109. The fourth-order valence-corrected chi connectivity index (χ4v) is 3.94. The van der Waals surface area contributed by atoms with E-state index in [-0.39, 0.29) is 10.2 Å². The molecule has 0 aromatic carbocycles. The minimum absolute atomic E-state index is 0.0413. The number of aromatic nitrogens is 2. The van der Waals surface area contributed by atoms with Crippen LogP contribution in [0.25, 0.3) is 5.65 Å². The maximum absolute atomic E-state index is 12.5. The first-order valence-electron chi connectivity index (χ1n) is 5.89. The van der Waals surface area contributed by atoms with Crippen molar-refractivity contribution in [1.82, 2.24) is 13.9 Å². The van der Waals surface area contributed by atoms with Crippen LogP contribution in [0.3, 0.4) is 0 Å². The third-order valence-electron chi connectivity index (χ3n) is 2.93. The molecule has 0 aliphatic carbocycles. The van der Waals surface area contributed by atoms with Crippen molar-refractivity contribution in [2.75, 3.05) is 13.2 Å². The molecule has 1 aliphatic rings. The van der Waals surface area contributed by atoms with E-state index in [1.54, 1.807) is 24.4 Å². The van der Waals surface area contributed by atoms with E-state index in [4.69, 9.17) is 16.4 Å². The van der Waals surface area contributed by atoms with E-state index in [1.807, 2.05) is 0 Å². The third kappa shape index (κ3) is 2.12. The highest BCUT2D eigenvalue weighted by atomic mass is 35.5. The van der Waals surface area contributed by atoms with Gasteiger partial charge in [0.25, 0.3) is 10.0 Å². The van der Waals surface area contributed by atoms with E-state index < -0.39 is 10.0 Å². The number of imidazole rings is 1. The minimum atomic E-state index is -3.80. The summed E-state index contributed by atoms with van der Waals surface area (Å²) in [4.78, 5) is 9.26. The number of pyridine rings is 1. The lowest BCUT2D eigenvalue weighted by Gasteiger charge is -2.24. The normalized spacial score (nSPS) is 17.9. The molecule has 0 unspecified atom stereocenters. The van der Waals surface area contributed by atoms with Gasteiger partial charge in [0.15, 0.2) is 10.2 Å². The lowest BCUT2D eigenvalue weighted by Crippen LogP contribution is -2.36. The molecule has 3 rings (SSSR count). The van der Waals surface area contributed by atoms with Crippen molar-refractivity contribution in [3.8, 4) is 0 Å². The Balaban J connectivity index is 2.15. The standard InChI is InChI=1S/C11H12ClN3O3S/c12-10-11(14-6-2-1-5-9(14)13-10)19(16,17)15-7-3-4-8-18-15/h1-2,5-6H,3-4,7-8H2. The summed E-state index contributed by atoms with van der Waals surface area (Å²) in [7, 11) is -3.80. The Morgan fingerprint density at radius 3 is 2.89 bits per heavy atom. The van der Waals surface area contributed by atoms with E-state index in [1.165, 1.54) is 4.40 Å². The fourth-order valence-electron chi connectivity index (χ4n) is 2.04. The summed E-state index contributed by atoms with van der Waals surface area (Å²) in [5, 5.41) is -0.0907. The SMILES string of the molecule is O=S(=O)(c1c(Cl)nc2ccccn12)N1CCCCO1. The van der Waals surface area contributed by atoms with E-state index in [0.29, 0.717) is 18.8 Å². The Bertz CT molecular complexity index is 707. The van der Waals surface area contributed by atoms with Crippen LogP contribution in [-0.4, -0.2) is 35.4 Å². The number of sulfonamides is 1. The topological polar surface area (TPSA) is 63.9 Å². The number of hydroxylamine groups is 1. The van der Waals surface area contributed by atoms with Gasteiger partial charge in [-0.05, 0) is 25.0 Å². The van der Waals surface area contributed by atoms with Crippen LogP contribution in [-0.2, 0) is 14.9 Å². The van der Waals surface area contributed by atoms with Crippen molar-refractivity contribution < 1.29 is 13.3 Å². The van der Waals surface area contributed by atoms with Crippen molar-refractivity contribution in [3.05, 3.63) is 29.5 Å². The molecule has 3 heterocycles. The summed E-state index contributed by atoms with van der Waals surface area (Å²) in [5.41, 5.74) is 0.489. The van der Waals surface area contributed by atoms with Crippen molar-refractivity contribution >= 4 is 27.3 Å². The average molecular weight is 302 g/mol. The molecule has 0 bridgehead atoms. The molecule has 2 aromatic rings. The molecule has 0 spiro atoms. The van der Waals surface area contributed by atoms with Crippen LogP contribution in [0.4, 0.5) is 0 Å². The second kappa shape index (κ2) is 4.75. The highest BCUT2D eigenvalue weighted by molar-refractivity contribution is 7.89. The first-order valence-corrected chi connectivity index (χ1v) is 7.71. The summed E-state index contributed by atoms with van der Waals surface area (Å²) in [6.45, 7) is 0.728. The molecule has 19 heavy (non-hydrogen) atoms. The van der Waals surface area contributed by atoms with Gasteiger partial charge in [0.05, 0.1) is 6.61 Å². The van der Waals surface area contributed by atoms with Crippen molar-refractivity contribution in [1.29, 1.82) is 0 Å². The molecule has 1 saturated heterocycles. The van der Waals surface area contributed by atoms with Crippen molar-refractivity contribution in [3.63, 3.8) is 0 Å². The molecule has 1 fully saturated rings. The maximum atomic E-state index is 12.5. The minimum Gasteiger partial charge on any atom is -0.288 e. The van der Waals surface area contributed by atoms with Crippen LogP contribution in [0.1, 0.15) is 12.8 Å². The van der Waals surface area contributed by atoms with E-state index in [2.05, 4.69) is 4.98 Å². The van der Waals surface area contributed by atoms with Gasteiger partial charge in [-0.1, -0.05) is 22.1 Å². The van der Waals surface area contributed by atoms with Crippen molar-refractivity contribution in [2.45, 2.75) is 17.9 Å². The Morgan fingerprint density at radius 2 is 2.16 bits per heavy atom. The number of halogens is 1. The summed E-state index contributed by atoms with van der Waals surface area (Å²) in [6.07, 6.45) is 3.24. The van der Waals surface area contributed by atoms with Crippen LogP contribution in [0, 0.1) is 0 Å². The zero-order valence-corrected chi connectivity index (χ0v) is 11.6. The number of hydrogen-bond donors (Lipinski definition) is 0. The van der Waals surface area contributed by atoms with Gasteiger partial charge in [-0.15, -0.1) is 0 Å². The number of nitrogens with zero attached hydrogens (tertiary/aromatic N) is 3. The van der Waals surface area contributed by atoms with Crippen molar-refractivity contribution in [2.24, 2.45) is 0 Å². The average Bonchev–Trinajstić information content (AvgIpc) is 2.76. The second-order valence-corrected chi connectivity index (χ2v) is 6.31. The molecule has 2 aromatic heterocycles. The van der Waals surface area contributed by atoms with Crippen LogP contribution in [0.15, 0.2) is 29.4 Å². The zero-order chi connectivity index (χ0) is 13.5. The molecular weight excluding hydrogens is 290 g/mol. The predicted molar refractivity (Wildman–Crippen MR) is 69.3 cm³/mol. The van der Waals surface area contributed by atoms with Crippen LogP contribution in [0.5, 0.6) is 0 Å². The van der Waals surface area contributed by atoms with Crippen LogP contribution < -0.4 is 0 Å². The smallest absolute Gasteiger partial charge is 0.284 e. The fraction of sp³-hybridized carbons (Fsp3) is 0.364. The molecule has 0 amide bonds. The maximum Gasteiger partial charge on any atom is 0.284 e. The monoisotopic (exact) mass is 301 g/mol. The Kier molecular flexibility index (Phi) is 3.22. The first-order chi connectivity index (χ1) is 9.10. The number of fused-ring (bicyclic) bond motifs is 1. The molecule has 0 atom stereocenters. The van der Waals surface area contributed by atoms with Gasteiger partial charge >= 0.3 is 0 Å². The van der Waals surface area contributed by atoms with Gasteiger partial charge in [0, 0.05) is 12.7 Å². The summed E-state index contributed by atoms with van der Waals surface area (Å²) >= 11 is 5.98. The lowest BCUT2D eigenvalue weighted by atomic mass is 10.3. The van der Waals surface area contributed by atoms with Crippen LogP contribution in [0.2, 0.25) is 5.15 Å². The summed E-state index contributed by atoms with van der Waals surface area (Å²) < 4.78 is 27.5. The second-order valence-electron chi connectivity index (χ2n) is 4.21. The zero-order valence-electron chi connectivity index (χ0n) is 9.99. The van der Waals surface area contributed by atoms with Gasteiger partial charge in [0.1, 0.15) is 5.65 Å². The van der Waals surface area contributed by atoms with E-state index >= 15 is 0 Å². The Morgan fingerprint density at radius 1 is 1.32 bits per heavy atom. The number of hydrogen-bond acceptors (Lipinski definition) is 4. The van der Waals surface area contributed by atoms with Gasteiger partial charge in [0.2, 0.25) is 0 Å². The van der Waals surface area contributed by atoms with Gasteiger partial charge in [-0.25, -0.2) is 13.4 Å². The van der Waals surface area contributed by atoms with Gasteiger partial charge in [-0.2, -0.15) is 0 Å². The first kappa shape index (κ1) is 12.9. The number of rotatable bonds is 2. The van der Waals surface area contributed by atoms with E-state index in [0.717, 1.165) is 17.3 Å². The predicted octanol–water partition coefficient (Wildman–Crippen LogP) is 1.70. The third-order valence-corrected chi connectivity index (χ3v) is 5.01. The molecule has 8 heteroatoms. The van der Waals surface area contributed by atoms with Gasteiger partial charge in [-0.3, -0.25) is 9.24 Å². The molecule has 1 aliphatic heterocycles. The highest BCUT2D eigenvalue weighted by Gasteiger charge is 2.33. The van der Waals surface area contributed by atoms with E-state index in [9.17, 15) is 8.42 Å². The van der Waals surface area contributed by atoms with Crippen LogP contribution >= 0.6 is 11.6 Å². The quantitative estimate of drug-likeness (QED) is 0.847. The Hall–Kier alpha value is -1.15. The summed E-state index contributed by atoms with van der Waals surface area (Å²) in [6, 6.07) is 5.19. The Labute approximate surface area is 115 Å². The van der Waals surface area contributed by atoms with Gasteiger partial charge < -0.3 is 0 Å². The largest absolute Gasteiger partial charge is 0.288 e. The molecule has 102 valence electrons. The molecule has 6 nitrogen and oxygen atoms in total. The molecular formula is C11H12ClN3O3S. The summed E-state index contributed by atoms with van der Waals surface area (Å²) in [5.74, 6) is 0. The highest BCUT2D eigenvalue weighted by Crippen LogP contribution is 2.27. The molecule has 0 N–H and O–H groups in total. The molecule has 0 radical (unpaired) electrons.